The van der Waals surface area contributed by atoms with Gasteiger partial charge in [-0.1, -0.05) is 17.7 Å². The summed E-state index contributed by atoms with van der Waals surface area (Å²) in [6, 6.07) is 10.9. The first-order chi connectivity index (χ1) is 8.65. The second kappa shape index (κ2) is 4.30. The van der Waals surface area contributed by atoms with Crippen LogP contribution in [0.15, 0.2) is 45.3 Å². The molecule has 1 aromatic heterocycles. The zero-order valence-electron chi connectivity index (χ0n) is 9.15. The number of benzene rings is 2. The van der Waals surface area contributed by atoms with Gasteiger partial charge >= 0.3 is 0 Å². The van der Waals surface area contributed by atoms with Gasteiger partial charge in [0.15, 0.2) is 5.58 Å². The second-order valence-corrected chi connectivity index (χ2v) is 5.13. The fourth-order valence-corrected chi connectivity index (χ4v) is 2.35. The largest absolute Gasteiger partial charge is 0.435 e. The third-order valence-electron chi connectivity index (χ3n) is 2.61. The van der Waals surface area contributed by atoms with Crippen molar-refractivity contribution in [3.05, 3.63) is 45.9 Å². The van der Waals surface area contributed by atoms with Gasteiger partial charge in [-0.15, -0.1) is 0 Å². The van der Waals surface area contributed by atoms with E-state index in [1.54, 1.807) is 18.2 Å². The van der Waals surface area contributed by atoms with Gasteiger partial charge in [-0.25, -0.2) is 4.98 Å². The molecule has 0 bridgehead atoms. The molecule has 3 aromatic rings. The predicted octanol–water partition coefficient (Wildman–Crippen LogP) is 4.49. The van der Waals surface area contributed by atoms with Gasteiger partial charge in [0.25, 0.3) is 0 Å². The summed E-state index contributed by atoms with van der Waals surface area (Å²) in [5.41, 5.74) is 8.67. The molecule has 3 rings (SSSR count). The number of aromatic nitrogens is 1. The highest BCUT2D eigenvalue weighted by molar-refractivity contribution is 9.10. The number of halogens is 2. The van der Waals surface area contributed by atoms with Gasteiger partial charge in [0.2, 0.25) is 5.89 Å². The van der Waals surface area contributed by atoms with Crippen LogP contribution in [-0.4, -0.2) is 4.98 Å². The number of oxazole rings is 1. The number of anilines is 1. The molecule has 2 aromatic carbocycles. The number of hydrogen-bond donors (Lipinski definition) is 1. The van der Waals surface area contributed by atoms with Crippen LogP contribution in [0.5, 0.6) is 0 Å². The van der Waals surface area contributed by atoms with Crippen LogP contribution in [0.2, 0.25) is 5.02 Å². The molecule has 0 spiro atoms. The van der Waals surface area contributed by atoms with E-state index in [1.165, 1.54) is 0 Å². The number of rotatable bonds is 1. The quantitative estimate of drug-likeness (QED) is 0.671. The lowest BCUT2D eigenvalue weighted by molar-refractivity contribution is 0.618. The lowest BCUT2D eigenvalue weighted by Crippen LogP contribution is -1.89. The molecule has 0 atom stereocenters. The van der Waals surface area contributed by atoms with E-state index in [0.29, 0.717) is 27.7 Å². The fourth-order valence-electron chi connectivity index (χ4n) is 1.74. The third-order valence-corrected chi connectivity index (χ3v) is 3.47. The lowest BCUT2D eigenvalue weighted by Gasteiger charge is -2.01. The van der Waals surface area contributed by atoms with Crippen LogP contribution in [0.4, 0.5) is 5.69 Å². The highest BCUT2D eigenvalue weighted by atomic mass is 79.9. The average Bonchev–Trinajstić information content (AvgIpc) is 2.77. The minimum atomic E-state index is 0.469. The molecular weight excluding hydrogens is 316 g/mol. The van der Waals surface area contributed by atoms with Crippen LogP contribution >= 0.6 is 27.5 Å². The van der Waals surface area contributed by atoms with Crippen molar-refractivity contribution in [3.8, 4) is 11.5 Å². The van der Waals surface area contributed by atoms with E-state index in [0.717, 1.165) is 9.99 Å². The summed E-state index contributed by atoms with van der Waals surface area (Å²) in [7, 11) is 0. The Hall–Kier alpha value is -1.52. The lowest BCUT2D eigenvalue weighted by atomic mass is 10.2. The van der Waals surface area contributed by atoms with Crippen molar-refractivity contribution in [1.29, 1.82) is 0 Å². The van der Waals surface area contributed by atoms with Crippen molar-refractivity contribution in [2.75, 3.05) is 5.73 Å². The molecule has 0 fully saturated rings. The molecule has 0 radical (unpaired) electrons. The normalized spacial score (nSPS) is 11.0. The van der Waals surface area contributed by atoms with Crippen molar-refractivity contribution >= 4 is 44.3 Å². The molecule has 2 N–H and O–H groups in total. The summed E-state index contributed by atoms with van der Waals surface area (Å²) >= 11 is 9.39. The molecule has 0 aliphatic rings. The van der Waals surface area contributed by atoms with Crippen molar-refractivity contribution < 1.29 is 4.42 Å². The van der Waals surface area contributed by atoms with Gasteiger partial charge in [0, 0.05) is 10.7 Å². The van der Waals surface area contributed by atoms with Gasteiger partial charge in [0.05, 0.1) is 10.0 Å². The van der Waals surface area contributed by atoms with Crippen LogP contribution < -0.4 is 5.73 Å². The van der Waals surface area contributed by atoms with Gasteiger partial charge in [-0.05, 0) is 46.3 Å². The van der Waals surface area contributed by atoms with Crippen molar-refractivity contribution in [2.45, 2.75) is 0 Å². The second-order valence-electron chi connectivity index (χ2n) is 3.84. The maximum atomic E-state index is 5.96. The zero-order chi connectivity index (χ0) is 12.7. The molecule has 0 aliphatic carbocycles. The third kappa shape index (κ3) is 1.87. The van der Waals surface area contributed by atoms with Gasteiger partial charge in [-0.3, -0.25) is 0 Å². The number of nitrogens with two attached hydrogens (primary N) is 1. The number of fused-ring (bicyclic) bond motifs is 1. The maximum absolute atomic E-state index is 5.96. The van der Waals surface area contributed by atoms with Crippen molar-refractivity contribution in [3.63, 3.8) is 0 Å². The molecule has 5 heteroatoms. The predicted molar refractivity (Wildman–Crippen MR) is 76.6 cm³/mol. The number of para-hydroxylation sites is 1. The summed E-state index contributed by atoms with van der Waals surface area (Å²) in [6.45, 7) is 0. The van der Waals surface area contributed by atoms with Gasteiger partial charge < -0.3 is 10.2 Å². The summed E-state index contributed by atoms with van der Waals surface area (Å²) < 4.78 is 6.58. The summed E-state index contributed by atoms with van der Waals surface area (Å²) in [4.78, 5) is 4.41. The van der Waals surface area contributed by atoms with Crippen LogP contribution in [-0.2, 0) is 0 Å². The van der Waals surface area contributed by atoms with Crippen LogP contribution in [0.1, 0.15) is 0 Å². The molecule has 0 aliphatic heterocycles. The molecule has 0 saturated heterocycles. The molecule has 90 valence electrons. The Morgan fingerprint density at radius 3 is 2.83 bits per heavy atom. The number of nitrogens with zero attached hydrogens (tertiary/aromatic N) is 1. The summed E-state index contributed by atoms with van der Waals surface area (Å²) in [6.07, 6.45) is 0. The Labute approximate surface area is 117 Å². The zero-order valence-corrected chi connectivity index (χ0v) is 11.5. The van der Waals surface area contributed by atoms with Crippen LogP contribution in [0.3, 0.4) is 0 Å². The van der Waals surface area contributed by atoms with E-state index in [1.807, 2.05) is 18.2 Å². The Balaban J connectivity index is 2.26. The highest BCUT2D eigenvalue weighted by Gasteiger charge is 2.13. The maximum Gasteiger partial charge on any atom is 0.229 e. The molecule has 1 heterocycles. The fraction of sp³-hybridized carbons (Fsp3) is 0. The minimum absolute atomic E-state index is 0.469. The van der Waals surface area contributed by atoms with E-state index >= 15 is 0 Å². The standard InChI is InChI=1S/C13H8BrClN2O/c14-9-2-1-3-11-12(9)18-13(17-11)8-6-7(15)4-5-10(8)16/h1-6H,16H2. The van der Waals surface area contributed by atoms with Gasteiger partial charge in [-0.2, -0.15) is 0 Å². The first kappa shape index (κ1) is 11.6. The Morgan fingerprint density at radius 1 is 1.22 bits per heavy atom. The first-order valence-electron chi connectivity index (χ1n) is 5.25. The molecule has 3 nitrogen and oxygen atoms in total. The topological polar surface area (TPSA) is 52.0 Å². The molecule has 0 saturated carbocycles. The average molecular weight is 324 g/mol. The smallest absolute Gasteiger partial charge is 0.229 e. The van der Waals surface area contributed by atoms with E-state index in [9.17, 15) is 0 Å². The summed E-state index contributed by atoms with van der Waals surface area (Å²) in [5, 5.41) is 0.598. The van der Waals surface area contributed by atoms with E-state index in [-0.39, 0.29) is 0 Å². The summed E-state index contributed by atoms with van der Waals surface area (Å²) in [5.74, 6) is 0.469. The Morgan fingerprint density at radius 2 is 2.06 bits per heavy atom. The Kier molecular flexibility index (Phi) is 2.76. The van der Waals surface area contributed by atoms with Crippen LogP contribution in [0, 0.1) is 0 Å². The molecular formula is C13H8BrClN2O. The van der Waals surface area contributed by atoms with E-state index in [4.69, 9.17) is 21.8 Å². The Bertz CT molecular complexity index is 739. The monoisotopic (exact) mass is 322 g/mol. The SMILES string of the molecule is Nc1ccc(Cl)cc1-c1nc2cccc(Br)c2o1. The van der Waals surface area contributed by atoms with Crippen LogP contribution in [0.25, 0.3) is 22.6 Å². The molecule has 0 unspecified atom stereocenters. The van der Waals surface area contributed by atoms with Crippen molar-refractivity contribution in [2.24, 2.45) is 0 Å². The number of nitrogen functional groups attached to an aromatic ring is 1. The highest BCUT2D eigenvalue weighted by Crippen LogP contribution is 2.33. The number of hydrogen-bond acceptors (Lipinski definition) is 3. The molecule has 0 amide bonds. The first-order valence-corrected chi connectivity index (χ1v) is 6.43. The van der Waals surface area contributed by atoms with E-state index < -0.39 is 0 Å². The van der Waals surface area contributed by atoms with E-state index in [2.05, 4.69) is 20.9 Å². The van der Waals surface area contributed by atoms with Crippen molar-refractivity contribution in [1.82, 2.24) is 4.98 Å². The molecule has 18 heavy (non-hydrogen) atoms. The minimum Gasteiger partial charge on any atom is -0.435 e. The van der Waals surface area contributed by atoms with Gasteiger partial charge in [0.1, 0.15) is 5.52 Å².